The zero-order valence-corrected chi connectivity index (χ0v) is 18.5. The molecule has 0 amide bonds. The largest absolute Gasteiger partial charge is 0.465 e. The van der Waals surface area contributed by atoms with Gasteiger partial charge in [0.25, 0.3) is 0 Å². The van der Waals surface area contributed by atoms with Crippen molar-refractivity contribution in [2.24, 2.45) is 0 Å². The Kier molecular flexibility index (Phi) is 7.94. The first kappa shape index (κ1) is 21.6. The molecule has 7 heteroatoms. The van der Waals surface area contributed by atoms with E-state index in [1.54, 1.807) is 12.3 Å². The van der Waals surface area contributed by atoms with Gasteiger partial charge in [-0.1, -0.05) is 60.7 Å². The molecular formula is C22H23BrN2O3S. The number of esters is 1. The molecule has 1 aromatic heterocycles. The van der Waals surface area contributed by atoms with Gasteiger partial charge in [-0.25, -0.2) is 4.98 Å². The molecule has 0 bridgehead atoms. The molecule has 0 saturated carbocycles. The van der Waals surface area contributed by atoms with E-state index >= 15 is 0 Å². The SMILES string of the molecule is CCOC(=O)[C@H]([C@H](O)c1nc(Br)cs1)N(Cc1ccccc1)Cc1ccccc1. The van der Waals surface area contributed by atoms with E-state index in [1.165, 1.54) is 11.3 Å². The third kappa shape index (κ3) is 5.96. The number of carbonyl (C=O) groups excluding carboxylic acids is 1. The van der Waals surface area contributed by atoms with E-state index in [0.29, 0.717) is 22.7 Å². The van der Waals surface area contributed by atoms with Crippen LogP contribution in [0.4, 0.5) is 0 Å². The summed E-state index contributed by atoms with van der Waals surface area (Å²) in [6, 6.07) is 18.9. The van der Waals surface area contributed by atoms with Gasteiger partial charge in [0, 0.05) is 18.5 Å². The van der Waals surface area contributed by atoms with Crippen LogP contribution in [0.25, 0.3) is 0 Å². The second-order valence-corrected chi connectivity index (χ2v) is 8.23. The van der Waals surface area contributed by atoms with Gasteiger partial charge in [-0.2, -0.15) is 0 Å². The molecule has 0 aliphatic rings. The standard InChI is InChI=1S/C22H23BrN2O3S/c1-2-28-22(27)19(20(26)21-24-18(23)15-29-21)25(13-16-9-5-3-6-10-16)14-17-11-7-4-8-12-17/h3-12,15,19-20,26H,2,13-14H2,1H3/t19-,20-/m0/s1. The molecule has 0 spiro atoms. The van der Waals surface area contributed by atoms with Gasteiger partial charge >= 0.3 is 5.97 Å². The van der Waals surface area contributed by atoms with Crippen molar-refractivity contribution in [3.63, 3.8) is 0 Å². The first-order valence-electron chi connectivity index (χ1n) is 9.36. The minimum Gasteiger partial charge on any atom is -0.465 e. The average Bonchev–Trinajstić information content (AvgIpc) is 3.16. The minimum atomic E-state index is -1.10. The highest BCUT2D eigenvalue weighted by molar-refractivity contribution is 9.10. The zero-order valence-electron chi connectivity index (χ0n) is 16.1. The summed E-state index contributed by atoms with van der Waals surface area (Å²) in [4.78, 5) is 19.2. The van der Waals surface area contributed by atoms with E-state index in [0.717, 1.165) is 11.1 Å². The Morgan fingerprint density at radius 3 is 2.10 bits per heavy atom. The molecule has 1 heterocycles. The second kappa shape index (κ2) is 10.6. The summed E-state index contributed by atoms with van der Waals surface area (Å²) in [5.74, 6) is -0.460. The maximum Gasteiger partial charge on any atom is 0.326 e. The fourth-order valence-electron chi connectivity index (χ4n) is 3.13. The lowest BCUT2D eigenvalue weighted by Crippen LogP contribution is -2.45. The third-order valence-corrected chi connectivity index (χ3v) is 6.05. The van der Waals surface area contributed by atoms with Crippen LogP contribution in [0.1, 0.15) is 29.2 Å². The molecule has 29 heavy (non-hydrogen) atoms. The number of carbonyl (C=O) groups is 1. The molecule has 152 valence electrons. The lowest BCUT2D eigenvalue weighted by molar-refractivity contribution is -0.155. The van der Waals surface area contributed by atoms with E-state index < -0.39 is 18.1 Å². The van der Waals surface area contributed by atoms with Crippen LogP contribution in [0.3, 0.4) is 0 Å². The van der Waals surface area contributed by atoms with Crippen LogP contribution in [0, 0.1) is 0 Å². The number of thiazole rings is 1. The summed E-state index contributed by atoms with van der Waals surface area (Å²) in [6.45, 7) is 2.99. The highest BCUT2D eigenvalue weighted by Crippen LogP contribution is 2.29. The fourth-order valence-corrected chi connectivity index (χ4v) is 4.41. The van der Waals surface area contributed by atoms with E-state index in [2.05, 4.69) is 20.9 Å². The van der Waals surface area contributed by atoms with Crippen LogP contribution in [-0.4, -0.2) is 33.6 Å². The smallest absolute Gasteiger partial charge is 0.326 e. The Bertz CT molecular complexity index is 863. The Hall–Kier alpha value is -2.06. The number of hydrogen-bond acceptors (Lipinski definition) is 6. The number of hydrogen-bond donors (Lipinski definition) is 1. The van der Waals surface area contributed by atoms with Crippen molar-refractivity contribution in [1.82, 2.24) is 9.88 Å². The summed E-state index contributed by atoms with van der Waals surface area (Å²) in [7, 11) is 0. The first-order valence-corrected chi connectivity index (χ1v) is 11.0. The number of rotatable bonds is 9. The molecule has 3 rings (SSSR count). The molecule has 1 N–H and O–H groups in total. The van der Waals surface area contributed by atoms with Crippen molar-refractivity contribution >= 4 is 33.2 Å². The molecule has 0 fully saturated rings. The fraction of sp³-hybridized carbons (Fsp3) is 0.273. The Morgan fingerprint density at radius 1 is 1.10 bits per heavy atom. The van der Waals surface area contributed by atoms with Gasteiger partial charge in [0.15, 0.2) is 0 Å². The van der Waals surface area contributed by atoms with Crippen molar-refractivity contribution < 1.29 is 14.6 Å². The van der Waals surface area contributed by atoms with Crippen molar-refractivity contribution in [3.05, 3.63) is 86.8 Å². The number of nitrogens with zero attached hydrogens (tertiary/aromatic N) is 2. The van der Waals surface area contributed by atoms with Crippen LogP contribution in [0.5, 0.6) is 0 Å². The van der Waals surface area contributed by atoms with Crippen LogP contribution < -0.4 is 0 Å². The minimum absolute atomic E-state index is 0.244. The zero-order chi connectivity index (χ0) is 20.6. The number of benzene rings is 2. The molecule has 2 aromatic carbocycles. The van der Waals surface area contributed by atoms with Gasteiger partial charge in [0.1, 0.15) is 21.8 Å². The summed E-state index contributed by atoms with van der Waals surface area (Å²) >= 11 is 4.63. The van der Waals surface area contributed by atoms with Gasteiger partial charge in [-0.15, -0.1) is 11.3 Å². The number of ether oxygens (including phenoxy) is 1. The quantitative estimate of drug-likeness (QED) is 0.460. The summed E-state index contributed by atoms with van der Waals surface area (Å²) in [6.07, 6.45) is -1.10. The highest BCUT2D eigenvalue weighted by Gasteiger charge is 2.36. The third-order valence-electron chi connectivity index (χ3n) is 4.42. The molecule has 3 aromatic rings. The summed E-state index contributed by atoms with van der Waals surface area (Å²) < 4.78 is 5.97. The van der Waals surface area contributed by atoms with Crippen molar-refractivity contribution in [2.75, 3.05) is 6.61 Å². The van der Waals surface area contributed by atoms with Crippen LogP contribution in [0.15, 0.2) is 70.6 Å². The number of halogens is 1. The van der Waals surface area contributed by atoms with Crippen LogP contribution in [-0.2, 0) is 22.6 Å². The second-order valence-electron chi connectivity index (χ2n) is 6.53. The Labute approximate surface area is 183 Å². The number of aromatic nitrogens is 1. The maximum atomic E-state index is 12.9. The van der Waals surface area contributed by atoms with Gasteiger partial charge < -0.3 is 9.84 Å². The Balaban J connectivity index is 1.96. The molecule has 0 aliphatic heterocycles. The predicted molar refractivity (Wildman–Crippen MR) is 117 cm³/mol. The van der Waals surface area contributed by atoms with E-state index in [9.17, 15) is 9.90 Å². The monoisotopic (exact) mass is 474 g/mol. The normalized spacial score (nSPS) is 13.2. The van der Waals surface area contributed by atoms with Crippen molar-refractivity contribution in [3.8, 4) is 0 Å². The van der Waals surface area contributed by atoms with Crippen LogP contribution >= 0.6 is 27.3 Å². The molecular weight excluding hydrogens is 452 g/mol. The number of aliphatic hydroxyl groups excluding tert-OH is 1. The lowest BCUT2D eigenvalue weighted by Gasteiger charge is -2.32. The summed E-state index contributed by atoms with van der Waals surface area (Å²) in [5, 5.41) is 13.4. The van der Waals surface area contributed by atoms with E-state index in [1.807, 2.05) is 65.6 Å². The first-order chi connectivity index (χ1) is 14.1. The molecule has 0 saturated heterocycles. The van der Waals surface area contributed by atoms with Crippen LogP contribution in [0.2, 0.25) is 0 Å². The highest BCUT2D eigenvalue weighted by atomic mass is 79.9. The number of aliphatic hydroxyl groups is 1. The average molecular weight is 475 g/mol. The summed E-state index contributed by atoms with van der Waals surface area (Å²) in [5.41, 5.74) is 2.09. The van der Waals surface area contributed by atoms with E-state index in [4.69, 9.17) is 4.74 Å². The molecule has 0 radical (unpaired) electrons. The van der Waals surface area contributed by atoms with Gasteiger partial charge in [-0.3, -0.25) is 9.69 Å². The Morgan fingerprint density at radius 2 is 1.66 bits per heavy atom. The van der Waals surface area contributed by atoms with Crippen molar-refractivity contribution in [2.45, 2.75) is 32.2 Å². The van der Waals surface area contributed by atoms with Crippen molar-refractivity contribution in [1.29, 1.82) is 0 Å². The van der Waals surface area contributed by atoms with Gasteiger partial charge in [0.05, 0.1) is 6.61 Å². The van der Waals surface area contributed by atoms with E-state index in [-0.39, 0.29) is 6.61 Å². The van der Waals surface area contributed by atoms with Gasteiger partial charge in [0.2, 0.25) is 0 Å². The molecule has 0 aliphatic carbocycles. The maximum absolute atomic E-state index is 12.9. The van der Waals surface area contributed by atoms with Gasteiger partial charge in [-0.05, 0) is 34.0 Å². The lowest BCUT2D eigenvalue weighted by atomic mass is 10.1. The topological polar surface area (TPSA) is 62.7 Å². The predicted octanol–water partition coefficient (Wildman–Crippen LogP) is 4.57. The molecule has 5 nitrogen and oxygen atoms in total. The molecule has 2 atom stereocenters. The molecule has 0 unspecified atom stereocenters.